The van der Waals surface area contributed by atoms with Crippen molar-refractivity contribution >= 4 is 24.8 Å². The summed E-state index contributed by atoms with van der Waals surface area (Å²) in [5.74, 6) is -0.135. The van der Waals surface area contributed by atoms with E-state index in [2.05, 4.69) is 10.2 Å². The van der Waals surface area contributed by atoms with Gasteiger partial charge in [-0.05, 0) is 11.0 Å². The molecule has 7 heteroatoms. The normalized spacial score (nSPS) is 10.3. The maximum atomic E-state index is 8.91. The third-order valence-electron chi connectivity index (χ3n) is 1.59. The Hall–Kier alpha value is -1.86. The first kappa shape index (κ1) is 11.2. The van der Waals surface area contributed by atoms with Gasteiger partial charge in [0.2, 0.25) is 5.96 Å². The molecule has 0 saturated carbocycles. The van der Waals surface area contributed by atoms with Crippen LogP contribution in [0.4, 0.5) is 0 Å². The molecule has 0 aromatic heterocycles. The molecule has 0 bridgehead atoms. The molecule has 0 unspecified atom stereocenters. The molecule has 78 valence electrons. The van der Waals surface area contributed by atoms with Crippen molar-refractivity contribution in [2.45, 2.75) is 0 Å². The van der Waals surface area contributed by atoms with E-state index < -0.39 is 7.12 Å². The van der Waals surface area contributed by atoms with Crippen molar-refractivity contribution in [3.05, 3.63) is 29.8 Å². The van der Waals surface area contributed by atoms with Gasteiger partial charge in [0, 0.05) is 0 Å². The topological polar surface area (TPSA) is 117 Å². The van der Waals surface area contributed by atoms with Gasteiger partial charge in [0.15, 0.2) is 0 Å². The molecular weight excluding hydrogens is 195 g/mol. The van der Waals surface area contributed by atoms with Crippen molar-refractivity contribution in [2.75, 3.05) is 0 Å². The molecule has 6 N–H and O–H groups in total. The maximum Gasteiger partial charge on any atom is 0.488 e. The van der Waals surface area contributed by atoms with E-state index in [1.165, 1.54) is 6.21 Å². The highest BCUT2D eigenvalue weighted by Crippen LogP contribution is 1.93. The molecule has 6 nitrogen and oxygen atoms in total. The zero-order valence-electron chi connectivity index (χ0n) is 7.91. The van der Waals surface area contributed by atoms with Crippen molar-refractivity contribution in [3.8, 4) is 0 Å². The average molecular weight is 206 g/mol. The lowest BCUT2D eigenvalue weighted by Crippen LogP contribution is -2.29. The highest BCUT2D eigenvalue weighted by Gasteiger charge is 2.09. The first-order valence-corrected chi connectivity index (χ1v) is 4.17. The van der Waals surface area contributed by atoms with Crippen LogP contribution in [0.2, 0.25) is 0 Å². The zero-order chi connectivity index (χ0) is 11.3. The van der Waals surface area contributed by atoms with Crippen LogP contribution in [0.1, 0.15) is 5.56 Å². The monoisotopic (exact) mass is 206 g/mol. The number of nitrogens with zero attached hydrogens (tertiary/aromatic N) is 2. The summed E-state index contributed by atoms with van der Waals surface area (Å²) in [4.78, 5) is 0. The second-order valence-electron chi connectivity index (χ2n) is 2.81. The summed E-state index contributed by atoms with van der Waals surface area (Å²) in [5, 5.41) is 24.8. The second kappa shape index (κ2) is 5.13. The van der Waals surface area contributed by atoms with E-state index >= 15 is 0 Å². The quantitative estimate of drug-likeness (QED) is 0.197. The van der Waals surface area contributed by atoms with Gasteiger partial charge in [-0.25, -0.2) is 0 Å². The molecule has 1 aromatic carbocycles. The Morgan fingerprint density at radius 3 is 2.67 bits per heavy atom. The van der Waals surface area contributed by atoms with E-state index in [0.717, 1.165) is 0 Å². The first-order valence-electron chi connectivity index (χ1n) is 4.17. The number of rotatable bonds is 3. The lowest BCUT2D eigenvalue weighted by Gasteiger charge is -1.99. The van der Waals surface area contributed by atoms with Crippen molar-refractivity contribution in [1.29, 1.82) is 0 Å². The zero-order valence-corrected chi connectivity index (χ0v) is 7.91. The van der Waals surface area contributed by atoms with Crippen molar-refractivity contribution < 1.29 is 10.0 Å². The number of guanidine groups is 1. The lowest BCUT2D eigenvalue weighted by molar-refractivity contribution is 0.426. The van der Waals surface area contributed by atoms with Gasteiger partial charge in [-0.2, -0.15) is 5.10 Å². The van der Waals surface area contributed by atoms with Crippen LogP contribution >= 0.6 is 0 Å². The molecule has 0 radical (unpaired) electrons. The van der Waals surface area contributed by atoms with E-state index in [1.807, 2.05) is 0 Å². The molecule has 0 amide bonds. The minimum absolute atomic E-state index is 0.135. The highest BCUT2D eigenvalue weighted by atomic mass is 16.4. The molecule has 0 atom stereocenters. The third-order valence-corrected chi connectivity index (χ3v) is 1.59. The van der Waals surface area contributed by atoms with Crippen LogP contribution in [0.5, 0.6) is 0 Å². The largest absolute Gasteiger partial charge is 0.488 e. The van der Waals surface area contributed by atoms with E-state index in [9.17, 15) is 0 Å². The summed E-state index contributed by atoms with van der Waals surface area (Å²) in [7, 11) is -1.50. The molecular formula is C8H11BN4O2. The van der Waals surface area contributed by atoms with Gasteiger partial charge < -0.3 is 21.5 Å². The molecule has 1 aromatic rings. The molecule has 15 heavy (non-hydrogen) atoms. The van der Waals surface area contributed by atoms with Crippen molar-refractivity contribution in [3.63, 3.8) is 0 Å². The van der Waals surface area contributed by atoms with Gasteiger partial charge in [-0.15, -0.1) is 5.10 Å². The Morgan fingerprint density at radius 2 is 2.07 bits per heavy atom. The minimum Gasteiger partial charge on any atom is -0.423 e. The third kappa shape index (κ3) is 3.80. The molecule has 0 aliphatic heterocycles. The summed E-state index contributed by atoms with van der Waals surface area (Å²) < 4.78 is 0. The summed E-state index contributed by atoms with van der Waals surface area (Å²) in [5.41, 5.74) is 11.2. The van der Waals surface area contributed by atoms with Crippen molar-refractivity contribution in [2.24, 2.45) is 21.7 Å². The second-order valence-corrected chi connectivity index (χ2v) is 2.81. The van der Waals surface area contributed by atoms with Gasteiger partial charge in [-0.1, -0.05) is 24.3 Å². The number of hydrogen-bond acceptors (Lipinski definition) is 4. The molecule has 1 rings (SSSR count). The summed E-state index contributed by atoms with van der Waals surface area (Å²) in [6.07, 6.45) is 1.41. The van der Waals surface area contributed by atoms with Gasteiger partial charge in [-0.3, -0.25) is 0 Å². The molecule has 0 heterocycles. The smallest absolute Gasteiger partial charge is 0.423 e. The predicted molar refractivity (Wildman–Crippen MR) is 59.7 cm³/mol. The van der Waals surface area contributed by atoms with Gasteiger partial charge in [0.05, 0.1) is 6.21 Å². The number of benzene rings is 1. The van der Waals surface area contributed by atoms with Gasteiger partial charge in [0.25, 0.3) is 0 Å². The van der Waals surface area contributed by atoms with Crippen LogP contribution in [0.25, 0.3) is 0 Å². The lowest BCUT2D eigenvalue weighted by atomic mass is 9.80. The van der Waals surface area contributed by atoms with E-state index in [4.69, 9.17) is 21.5 Å². The van der Waals surface area contributed by atoms with Crippen LogP contribution in [-0.4, -0.2) is 29.3 Å². The number of nitrogens with two attached hydrogens (primary N) is 2. The Morgan fingerprint density at radius 1 is 1.33 bits per heavy atom. The van der Waals surface area contributed by atoms with E-state index in [-0.39, 0.29) is 5.96 Å². The van der Waals surface area contributed by atoms with E-state index in [0.29, 0.717) is 11.0 Å². The van der Waals surface area contributed by atoms with E-state index in [1.54, 1.807) is 24.3 Å². The molecule has 0 aliphatic carbocycles. The van der Waals surface area contributed by atoms with Crippen LogP contribution < -0.4 is 16.9 Å². The summed E-state index contributed by atoms with van der Waals surface area (Å²) >= 11 is 0. The highest BCUT2D eigenvalue weighted by molar-refractivity contribution is 6.58. The van der Waals surface area contributed by atoms with Gasteiger partial charge >= 0.3 is 7.12 Å². The maximum absolute atomic E-state index is 8.91. The van der Waals surface area contributed by atoms with Crippen LogP contribution in [-0.2, 0) is 0 Å². The van der Waals surface area contributed by atoms with Crippen LogP contribution in [0.3, 0.4) is 0 Å². The Balaban J connectivity index is 2.82. The minimum atomic E-state index is -1.50. The fraction of sp³-hybridized carbons (Fsp3) is 0. The number of hydrogen-bond donors (Lipinski definition) is 4. The summed E-state index contributed by atoms with van der Waals surface area (Å²) in [6, 6.07) is 6.56. The fourth-order valence-electron chi connectivity index (χ4n) is 0.962. The van der Waals surface area contributed by atoms with Crippen molar-refractivity contribution in [1.82, 2.24) is 0 Å². The van der Waals surface area contributed by atoms with Crippen LogP contribution in [0, 0.1) is 0 Å². The fourth-order valence-corrected chi connectivity index (χ4v) is 0.962. The van der Waals surface area contributed by atoms with Gasteiger partial charge in [0.1, 0.15) is 0 Å². The standard InChI is InChI=1S/C8H11BN4O2/c10-8(11)13-12-5-6-2-1-3-7(4-6)9(14)15/h1-5,14-15H,(H4,10,11,13). The Bertz CT molecular complexity index is 388. The molecule has 0 aliphatic rings. The first-order chi connectivity index (χ1) is 7.09. The Kier molecular flexibility index (Phi) is 3.84. The predicted octanol–water partition coefficient (Wildman–Crippen LogP) is -2.03. The average Bonchev–Trinajstić information content (AvgIpc) is 2.17. The molecule has 0 spiro atoms. The van der Waals surface area contributed by atoms with Crippen LogP contribution in [0.15, 0.2) is 34.5 Å². The molecule has 0 saturated heterocycles. The molecule has 0 fully saturated rings. The summed E-state index contributed by atoms with van der Waals surface area (Å²) in [6.45, 7) is 0. The Labute approximate surface area is 87.1 Å². The SMILES string of the molecule is NC(N)=NN=Cc1cccc(B(O)O)c1.